The van der Waals surface area contributed by atoms with Crippen LogP contribution in [0.2, 0.25) is 0 Å². The van der Waals surface area contributed by atoms with Gasteiger partial charge in [-0.15, -0.1) is 0 Å². The van der Waals surface area contributed by atoms with E-state index in [9.17, 15) is 13.2 Å². The van der Waals surface area contributed by atoms with Gasteiger partial charge >= 0.3 is 0 Å². The normalized spacial score (nSPS) is 12.2. The highest BCUT2D eigenvalue weighted by molar-refractivity contribution is 7.89. The van der Waals surface area contributed by atoms with Crippen molar-refractivity contribution in [1.29, 1.82) is 0 Å². The number of amides is 1. The number of hydrogen-bond donors (Lipinski definition) is 2. The zero-order valence-electron chi connectivity index (χ0n) is 15.6. The molecule has 0 aliphatic heterocycles. The maximum absolute atomic E-state index is 12.2. The largest absolute Gasteiger partial charge is 0.381 e. The van der Waals surface area contributed by atoms with Gasteiger partial charge in [0.2, 0.25) is 10.0 Å². The lowest BCUT2D eigenvalue weighted by atomic mass is 10.1. The lowest BCUT2D eigenvalue weighted by Gasteiger charge is -2.20. The maximum Gasteiger partial charge on any atom is 0.251 e. The molecule has 0 aliphatic rings. The quantitative estimate of drug-likeness (QED) is 0.620. The first-order chi connectivity index (χ1) is 11.7. The Labute approximate surface area is 151 Å². The second-order valence-electron chi connectivity index (χ2n) is 6.96. The average molecular weight is 371 g/mol. The fourth-order valence-corrected chi connectivity index (χ4v) is 3.49. The van der Waals surface area contributed by atoms with Gasteiger partial charge in [-0.25, -0.2) is 13.1 Å². The Hall–Kier alpha value is -1.44. The van der Waals surface area contributed by atoms with Gasteiger partial charge in [0.1, 0.15) is 0 Å². The van der Waals surface area contributed by atoms with Crippen molar-refractivity contribution in [2.45, 2.75) is 57.4 Å². The van der Waals surface area contributed by atoms with Gasteiger partial charge in [0, 0.05) is 30.9 Å². The van der Waals surface area contributed by atoms with Crippen LogP contribution in [0.1, 0.15) is 57.3 Å². The van der Waals surface area contributed by atoms with E-state index in [-0.39, 0.29) is 10.8 Å². The molecule has 0 saturated heterocycles. The standard InChI is InChI=1S/C18H30N2O4S/c1-5-6-13-24-14-7-12-19-17(21)15-8-10-16(11-9-15)25(22,23)20-18(2,3)4/h8-11,20H,5-7,12-14H2,1-4H3,(H,19,21). The van der Waals surface area contributed by atoms with E-state index in [1.54, 1.807) is 20.8 Å². The van der Waals surface area contributed by atoms with E-state index >= 15 is 0 Å². The Kier molecular flexibility index (Phi) is 8.55. The predicted molar refractivity (Wildman–Crippen MR) is 99.2 cm³/mol. The van der Waals surface area contributed by atoms with Gasteiger partial charge in [-0.1, -0.05) is 13.3 Å². The summed E-state index contributed by atoms with van der Waals surface area (Å²) >= 11 is 0. The summed E-state index contributed by atoms with van der Waals surface area (Å²) in [5, 5.41) is 2.80. The van der Waals surface area contributed by atoms with E-state index in [0.717, 1.165) is 25.9 Å². The molecule has 25 heavy (non-hydrogen) atoms. The van der Waals surface area contributed by atoms with Crippen molar-refractivity contribution in [3.8, 4) is 0 Å². The Morgan fingerprint density at radius 3 is 2.24 bits per heavy atom. The highest BCUT2D eigenvalue weighted by atomic mass is 32.2. The molecular weight excluding hydrogens is 340 g/mol. The number of unbranched alkanes of at least 4 members (excludes halogenated alkanes) is 1. The second-order valence-corrected chi connectivity index (χ2v) is 8.64. The van der Waals surface area contributed by atoms with Crippen molar-refractivity contribution in [3.63, 3.8) is 0 Å². The molecule has 1 rings (SSSR count). The van der Waals surface area contributed by atoms with Crippen LogP contribution < -0.4 is 10.0 Å². The van der Waals surface area contributed by atoms with Crippen molar-refractivity contribution in [3.05, 3.63) is 29.8 Å². The fraction of sp³-hybridized carbons (Fsp3) is 0.611. The van der Waals surface area contributed by atoms with Crippen LogP contribution >= 0.6 is 0 Å². The summed E-state index contributed by atoms with van der Waals surface area (Å²) in [4.78, 5) is 12.2. The topological polar surface area (TPSA) is 84.5 Å². The summed E-state index contributed by atoms with van der Waals surface area (Å²) < 4.78 is 32.5. The van der Waals surface area contributed by atoms with Crippen molar-refractivity contribution >= 4 is 15.9 Å². The minimum absolute atomic E-state index is 0.142. The monoisotopic (exact) mass is 370 g/mol. The van der Waals surface area contributed by atoms with Crippen LogP contribution in [0.25, 0.3) is 0 Å². The Morgan fingerprint density at radius 2 is 1.68 bits per heavy atom. The molecule has 2 N–H and O–H groups in total. The third-order valence-corrected chi connectivity index (χ3v) is 5.03. The minimum Gasteiger partial charge on any atom is -0.381 e. The third kappa shape index (κ3) is 8.47. The number of carbonyl (C=O) groups is 1. The molecule has 1 aromatic carbocycles. The Balaban J connectivity index is 2.49. The van der Waals surface area contributed by atoms with Crippen LogP contribution in [0.4, 0.5) is 0 Å². The maximum atomic E-state index is 12.2. The molecule has 0 heterocycles. The molecule has 0 aromatic heterocycles. The molecule has 142 valence electrons. The van der Waals surface area contributed by atoms with Crippen LogP contribution in [0.15, 0.2) is 29.2 Å². The van der Waals surface area contributed by atoms with Crippen molar-refractivity contribution in [1.82, 2.24) is 10.0 Å². The van der Waals surface area contributed by atoms with Crippen LogP contribution in [0.5, 0.6) is 0 Å². The van der Waals surface area contributed by atoms with Crippen LogP contribution in [-0.4, -0.2) is 39.6 Å². The molecule has 1 amide bonds. The zero-order valence-corrected chi connectivity index (χ0v) is 16.4. The molecule has 7 heteroatoms. The number of rotatable bonds is 10. The molecular formula is C18H30N2O4S. The van der Waals surface area contributed by atoms with E-state index in [1.165, 1.54) is 24.3 Å². The summed E-state index contributed by atoms with van der Waals surface area (Å²) in [6.45, 7) is 9.34. The summed E-state index contributed by atoms with van der Waals surface area (Å²) in [7, 11) is -3.59. The number of sulfonamides is 1. The van der Waals surface area contributed by atoms with Gasteiger partial charge in [-0.2, -0.15) is 0 Å². The third-order valence-electron chi connectivity index (χ3n) is 3.26. The zero-order chi connectivity index (χ0) is 18.9. The highest BCUT2D eigenvalue weighted by Gasteiger charge is 2.22. The molecule has 0 radical (unpaired) electrons. The smallest absolute Gasteiger partial charge is 0.251 e. The molecule has 0 fully saturated rings. The minimum atomic E-state index is -3.59. The number of ether oxygens (including phenoxy) is 1. The number of nitrogens with one attached hydrogen (secondary N) is 2. The molecule has 0 atom stereocenters. The van der Waals surface area contributed by atoms with E-state index in [4.69, 9.17) is 4.74 Å². The van der Waals surface area contributed by atoms with Crippen molar-refractivity contribution in [2.75, 3.05) is 19.8 Å². The van der Waals surface area contributed by atoms with Crippen LogP contribution in [0, 0.1) is 0 Å². The Bertz CT molecular complexity index is 634. The molecule has 0 aliphatic carbocycles. The van der Waals surface area contributed by atoms with Gasteiger partial charge in [-0.05, 0) is 57.9 Å². The molecule has 6 nitrogen and oxygen atoms in total. The van der Waals surface area contributed by atoms with Gasteiger partial charge < -0.3 is 10.1 Å². The average Bonchev–Trinajstić information content (AvgIpc) is 2.51. The summed E-state index contributed by atoms with van der Waals surface area (Å²) in [5.74, 6) is -0.221. The Morgan fingerprint density at radius 1 is 1.08 bits per heavy atom. The molecule has 0 saturated carbocycles. The van der Waals surface area contributed by atoms with Crippen molar-refractivity contribution in [2.24, 2.45) is 0 Å². The van der Waals surface area contributed by atoms with Gasteiger partial charge in [-0.3, -0.25) is 4.79 Å². The van der Waals surface area contributed by atoms with Crippen molar-refractivity contribution < 1.29 is 17.9 Å². The first kappa shape index (κ1) is 21.6. The van der Waals surface area contributed by atoms with E-state index in [1.807, 2.05) is 0 Å². The highest BCUT2D eigenvalue weighted by Crippen LogP contribution is 2.14. The summed E-state index contributed by atoms with van der Waals surface area (Å²) in [6, 6.07) is 5.92. The van der Waals surface area contributed by atoms with Crippen LogP contribution in [0.3, 0.4) is 0 Å². The van der Waals surface area contributed by atoms with Gasteiger partial charge in [0.15, 0.2) is 0 Å². The first-order valence-electron chi connectivity index (χ1n) is 8.66. The lowest BCUT2D eigenvalue weighted by Crippen LogP contribution is -2.40. The fourth-order valence-electron chi connectivity index (χ4n) is 2.07. The molecule has 0 bridgehead atoms. The predicted octanol–water partition coefficient (Wildman–Crippen LogP) is 2.70. The number of hydrogen-bond acceptors (Lipinski definition) is 4. The SMILES string of the molecule is CCCCOCCCNC(=O)c1ccc(S(=O)(=O)NC(C)(C)C)cc1. The van der Waals surface area contributed by atoms with Crippen LogP contribution in [-0.2, 0) is 14.8 Å². The van der Waals surface area contributed by atoms with E-state index < -0.39 is 15.6 Å². The first-order valence-corrected chi connectivity index (χ1v) is 10.1. The second kappa shape index (κ2) is 9.89. The summed E-state index contributed by atoms with van der Waals surface area (Å²) in [6.07, 6.45) is 2.90. The van der Waals surface area contributed by atoms with E-state index in [2.05, 4.69) is 17.0 Å². The molecule has 0 spiro atoms. The molecule has 1 aromatic rings. The van der Waals surface area contributed by atoms with E-state index in [0.29, 0.717) is 18.7 Å². The number of benzene rings is 1. The lowest BCUT2D eigenvalue weighted by molar-refractivity contribution is 0.0940. The summed E-state index contributed by atoms with van der Waals surface area (Å²) in [5.41, 5.74) is -0.129. The van der Waals surface area contributed by atoms with Gasteiger partial charge in [0.25, 0.3) is 5.91 Å². The van der Waals surface area contributed by atoms with Gasteiger partial charge in [0.05, 0.1) is 4.90 Å². The number of carbonyl (C=O) groups excluding carboxylic acids is 1. The molecule has 0 unspecified atom stereocenters.